The maximum absolute atomic E-state index is 5.44. The fraction of sp³-hybridized carbons (Fsp3) is 0.417. The van der Waals surface area contributed by atoms with Crippen LogP contribution in [0, 0.1) is 12.3 Å². The molecule has 0 amide bonds. The lowest BCUT2D eigenvalue weighted by atomic mass is 10.1. The van der Waals surface area contributed by atoms with Crippen molar-refractivity contribution >= 4 is 5.82 Å². The molecule has 1 aliphatic heterocycles. The van der Waals surface area contributed by atoms with Crippen molar-refractivity contribution in [3.63, 3.8) is 0 Å². The third-order valence-corrected chi connectivity index (χ3v) is 2.60. The topological polar surface area (TPSA) is 16.1 Å². The van der Waals surface area contributed by atoms with Crippen molar-refractivity contribution in [2.24, 2.45) is 0 Å². The van der Waals surface area contributed by atoms with Crippen molar-refractivity contribution in [2.45, 2.75) is 19.3 Å². The third-order valence-electron chi connectivity index (χ3n) is 2.60. The summed E-state index contributed by atoms with van der Waals surface area (Å²) in [6.45, 7) is 2.18. The number of rotatable bonds is 1. The van der Waals surface area contributed by atoms with Gasteiger partial charge in [0.05, 0.1) is 5.56 Å². The highest BCUT2D eigenvalue weighted by atomic mass is 15.2. The Balaban J connectivity index is 2.26. The minimum absolute atomic E-state index is 0.911. The van der Waals surface area contributed by atoms with Gasteiger partial charge >= 0.3 is 0 Å². The van der Waals surface area contributed by atoms with E-state index in [9.17, 15) is 0 Å². The molecule has 1 saturated heterocycles. The number of hydrogen-bond acceptors (Lipinski definition) is 2. The fourth-order valence-corrected chi connectivity index (χ4v) is 1.87. The lowest BCUT2D eigenvalue weighted by Gasteiger charge is -2.28. The Morgan fingerprint density at radius 3 is 2.79 bits per heavy atom. The molecule has 1 fully saturated rings. The maximum atomic E-state index is 5.44. The van der Waals surface area contributed by atoms with E-state index in [1.165, 1.54) is 19.3 Å². The number of terminal acetylenes is 1. The molecule has 1 aromatic rings. The number of piperidine rings is 1. The van der Waals surface area contributed by atoms with Gasteiger partial charge in [0.25, 0.3) is 0 Å². The first kappa shape index (κ1) is 9.08. The van der Waals surface area contributed by atoms with E-state index in [1.807, 2.05) is 18.3 Å². The number of hydrogen-bond donors (Lipinski definition) is 0. The van der Waals surface area contributed by atoms with Crippen LogP contribution < -0.4 is 4.90 Å². The molecular weight excluding hydrogens is 172 g/mol. The first-order chi connectivity index (χ1) is 6.92. The molecule has 1 aromatic heterocycles. The molecule has 0 radical (unpaired) electrons. The van der Waals surface area contributed by atoms with Crippen LogP contribution in [0.2, 0.25) is 0 Å². The molecule has 14 heavy (non-hydrogen) atoms. The predicted molar refractivity (Wildman–Crippen MR) is 58.2 cm³/mol. The highest BCUT2D eigenvalue weighted by molar-refractivity contribution is 5.54. The van der Waals surface area contributed by atoms with Gasteiger partial charge in [0.15, 0.2) is 0 Å². The fourth-order valence-electron chi connectivity index (χ4n) is 1.87. The Hall–Kier alpha value is -1.49. The molecule has 2 nitrogen and oxygen atoms in total. The van der Waals surface area contributed by atoms with Crippen LogP contribution in [-0.4, -0.2) is 18.1 Å². The minimum atomic E-state index is 0.911. The van der Waals surface area contributed by atoms with Crippen molar-refractivity contribution in [1.29, 1.82) is 0 Å². The lowest BCUT2D eigenvalue weighted by Crippen LogP contribution is -2.30. The zero-order valence-corrected chi connectivity index (χ0v) is 8.24. The van der Waals surface area contributed by atoms with E-state index in [-0.39, 0.29) is 0 Å². The maximum Gasteiger partial charge on any atom is 0.144 e. The molecular formula is C12H14N2. The van der Waals surface area contributed by atoms with Gasteiger partial charge in [0, 0.05) is 19.3 Å². The van der Waals surface area contributed by atoms with Gasteiger partial charge in [-0.3, -0.25) is 0 Å². The quantitative estimate of drug-likeness (QED) is 0.624. The van der Waals surface area contributed by atoms with Crippen LogP contribution in [0.5, 0.6) is 0 Å². The summed E-state index contributed by atoms with van der Waals surface area (Å²) < 4.78 is 0. The Kier molecular flexibility index (Phi) is 2.69. The second-order valence-corrected chi connectivity index (χ2v) is 3.57. The first-order valence-electron chi connectivity index (χ1n) is 5.08. The summed E-state index contributed by atoms with van der Waals surface area (Å²) in [4.78, 5) is 6.65. The summed E-state index contributed by atoms with van der Waals surface area (Å²) in [6.07, 6.45) is 11.1. The average Bonchev–Trinajstić information content (AvgIpc) is 2.30. The number of pyridine rings is 1. The van der Waals surface area contributed by atoms with E-state index in [0.717, 1.165) is 24.5 Å². The first-order valence-corrected chi connectivity index (χ1v) is 5.08. The highest BCUT2D eigenvalue weighted by Crippen LogP contribution is 2.20. The SMILES string of the molecule is C#Cc1cccnc1N1CCCCC1. The molecule has 2 heteroatoms. The van der Waals surface area contributed by atoms with Gasteiger partial charge in [-0.25, -0.2) is 4.98 Å². The Bertz CT molecular complexity index is 346. The largest absolute Gasteiger partial charge is 0.356 e. The predicted octanol–water partition coefficient (Wildman–Crippen LogP) is 2.05. The molecule has 2 rings (SSSR count). The Morgan fingerprint density at radius 2 is 2.07 bits per heavy atom. The van der Waals surface area contributed by atoms with Crippen molar-refractivity contribution in [2.75, 3.05) is 18.0 Å². The number of nitrogens with zero attached hydrogens (tertiary/aromatic N) is 2. The molecule has 0 N–H and O–H groups in total. The summed E-state index contributed by atoms with van der Waals surface area (Å²) in [5.74, 6) is 3.67. The molecule has 0 atom stereocenters. The summed E-state index contributed by atoms with van der Waals surface area (Å²) in [5, 5.41) is 0. The molecule has 0 saturated carbocycles. The normalized spacial score (nSPS) is 16.4. The van der Waals surface area contributed by atoms with Crippen molar-refractivity contribution < 1.29 is 0 Å². The van der Waals surface area contributed by atoms with Crippen LogP contribution in [-0.2, 0) is 0 Å². The highest BCUT2D eigenvalue weighted by Gasteiger charge is 2.13. The van der Waals surface area contributed by atoms with Gasteiger partial charge in [0.2, 0.25) is 0 Å². The lowest BCUT2D eigenvalue weighted by molar-refractivity contribution is 0.573. The van der Waals surface area contributed by atoms with Crippen LogP contribution in [0.4, 0.5) is 5.82 Å². The average molecular weight is 186 g/mol. The minimum Gasteiger partial charge on any atom is -0.356 e. The van der Waals surface area contributed by atoms with Crippen LogP contribution in [0.1, 0.15) is 24.8 Å². The summed E-state index contributed by atoms with van der Waals surface area (Å²) >= 11 is 0. The van der Waals surface area contributed by atoms with Gasteiger partial charge in [-0.1, -0.05) is 5.92 Å². The standard InChI is InChI=1S/C12H14N2/c1-2-11-7-6-8-13-12(11)14-9-4-3-5-10-14/h1,6-8H,3-5,9-10H2. The molecule has 1 aliphatic rings. The molecule has 0 aliphatic carbocycles. The number of aromatic nitrogens is 1. The van der Waals surface area contributed by atoms with E-state index in [2.05, 4.69) is 15.8 Å². The van der Waals surface area contributed by atoms with E-state index >= 15 is 0 Å². The van der Waals surface area contributed by atoms with Crippen LogP contribution in [0.3, 0.4) is 0 Å². The van der Waals surface area contributed by atoms with Gasteiger partial charge in [0.1, 0.15) is 5.82 Å². The molecule has 0 bridgehead atoms. The van der Waals surface area contributed by atoms with Crippen LogP contribution in [0.25, 0.3) is 0 Å². The van der Waals surface area contributed by atoms with E-state index in [1.54, 1.807) is 0 Å². The molecule has 0 aromatic carbocycles. The van der Waals surface area contributed by atoms with Crippen molar-refractivity contribution in [1.82, 2.24) is 4.98 Å². The zero-order valence-electron chi connectivity index (χ0n) is 8.24. The summed E-state index contributed by atoms with van der Waals surface area (Å²) in [5.41, 5.74) is 0.911. The molecule has 0 unspecified atom stereocenters. The van der Waals surface area contributed by atoms with Gasteiger partial charge < -0.3 is 4.90 Å². The van der Waals surface area contributed by atoms with E-state index in [4.69, 9.17) is 6.42 Å². The summed E-state index contributed by atoms with van der Waals surface area (Å²) in [7, 11) is 0. The third kappa shape index (κ3) is 1.72. The number of anilines is 1. The Labute approximate surface area is 85.0 Å². The summed E-state index contributed by atoms with van der Waals surface area (Å²) in [6, 6.07) is 3.85. The van der Waals surface area contributed by atoms with Crippen molar-refractivity contribution in [3.8, 4) is 12.3 Å². The monoisotopic (exact) mass is 186 g/mol. The smallest absolute Gasteiger partial charge is 0.144 e. The Morgan fingerprint density at radius 1 is 1.29 bits per heavy atom. The zero-order chi connectivity index (χ0) is 9.80. The second kappa shape index (κ2) is 4.15. The molecule has 72 valence electrons. The van der Waals surface area contributed by atoms with E-state index in [0.29, 0.717) is 0 Å². The molecule has 0 spiro atoms. The van der Waals surface area contributed by atoms with Gasteiger partial charge in [-0.15, -0.1) is 6.42 Å². The van der Waals surface area contributed by atoms with Gasteiger partial charge in [-0.05, 0) is 31.4 Å². The molecule has 2 heterocycles. The van der Waals surface area contributed by atoms with Gasteiger partial charge in [-0.2, -0.15) is 0 Å². The van der Waals surface area contributed by atoms with Crippen LogP contribution in [0.15, 0.2) is 18.3 Å². The van der Waals surface area contributed by atoms with E-state index < -0.39 is 0 Å². The van der Waals surface area contributed by atoms with Crippen molar-refractivity contribution in [3.05, 3.63) is 23.9 Å². The van der Waals surface area contributed by atoms with Crippen LogP contribution >= 0.6 is 0 Å². The second-order valence-electron chi connectivity index (χ2n) is 3.57.